The highest BCUT2D eigenvalue weighted by molar-refractivity contribution is 7.22. The molecule has 1 saturated carbocycles. The van der Waals surface area contributed by atoms with Gasteiger partial charge >= 0.3 is 0 Å². The number of amides is 1. The van der Waals surface area contributed by atoms with Gasteiger partial charge in [-0.25, -0.2) is 0 Å². The monoisotopic (exact) mass is 533 g/mol. The average Bonchev–Trinajstić information content (AvgIpc) is 3.30. The van der Waals surface area contributed by atoms with E-state index in [-0.39, 0.29) is 11.3 Å². The second-order valence-corrected chi connectivity index (χ2v) is 11.1. The van der Waals surface area contributed by atoms with Crippen molar-refractivity contribution in [3.63, 3.8) is 0 Å². The summed E-state index contributed by atoms with van der Waals surface area (Å²) >= 11 is 1.51. The maximum Gasteiger partial charge on any atom is 0.255 e. The molecule has 3 aromatic rings. The number of aromatic hydroxyl groups is 1. The zero-order valence-corrected chi connectivity index (χ0v) is 20.8. The predicted octanol–water partition coefficient (Wildman–Crippen LogP) is 2.84. The second kappa shape index (κ2) is 8.00. The van der Waals surface area contributed by atoms with Crippen LogP contribution in [0.15, 0.2) is 59.4 Å². The van der Waals surface area contributed by atoms with E-state index in [2.05, 4.69) is 0 Å². The van der Waals surface area contributed by atoms with Gasteiger partial charge in [0.1, 0.15) is 22.8 Å². The van der Waals surface area contributed by atoms with E-state index in [0.29, 0.717) is 11.1 Å². The first-order valence-electron chi connectivity index (χ1n) is 12.0. The third kappa shape index (κ3) is 2.96. The van der Waals surface area contributed by atoms with Gasteiger partial charge in [-0.2, -0.15) is 0 Å². The van der Waals surface area contributed by atoms with Gasteiger partial charge in [-0.3, -0.25) is 14.4 Å². The molecule has 1 fully saturated rings. The molecule has 0 bridgehead atoms. The van der Waals surface area contributed by atoms with E-state index < -0.39 is 76.0 Å². The fraction of sp³-hybridized carbons (Fsp3) is 0.250. The molecule has 9 nitrogen and oxygen atoms in total. The lowest BCUT2D eigenvalue weighted by Crippen LogP contribution is -2.63. The molecule has 38 heavy (non-hydrogen) atoms. The SMILES string of the molecule is CC1c2c(-c3cc4ccccc4s3)ccc(O)c2C(O)=C2C(=O)C3(O)C(O)=C(C(N)=O)C(=O)CC3C(O)C21. The van der Waals surface area contributed by atoms with Crippen LogP contribution in [0.2, 0.25) is 0 Å². The lowest BCUT2D eigenvalue weighted by Gasteiger charge is -2.50. The van der Waals surface area contributed by atoms with Crippen molar-refractivity contribution >= 4 is 44.7 Å². The summed E-state index contributed by atoms with van der Waals surface area (Å²) in [5.74, 6) is -8.81. The molecule has 1 amide bonds. The number of fused-ring (bicyclic) bond motifs is 4. The van der Waals surface area contributed by atoms with E-state index >= 15 is 0 Å². The van der Waals surface area contributed by atoms with Crippen LogP contribution >= 0.6 is 11.3 Å². The molecule has 0 aliphatic heterocycles. The van der Waals surface area contributed by atoms with Gasteiger partial charge in [0.25, 0.3) is 5.91 Å². The van der Waals surface area contributed by atoms with Crippen LogP contribution in [-0.4, -0.2) is 54.7 Å². The topological polar surface area (TPSA) is 178 Å². The number of carbonyl (C=O) groups excluding carboxylic acids is 3. The molecule has 3 aliphatic carbocycles. The highest BCUT2D eigenvalue weighted by atomic mass is 32.1. The Morgan fingerprint density at radius 1 is 1.11 bits per heavy atom. The first-order chi connectivity index (χ1) is 18.0. The Balaban J connectivity index is 1.61. The van der Waals surface area contributed by atoms with Gasteiger partial charge in [0.05, 0.1) is 11.7 Å². The van der Waals surface area contributed by atoms with Gasteiger partial charge in [0.2, 0.25) is 5.78 Å². The van der Waals surface area contributed by atoms with E-state index in [1.165, 1.54) is 17.4 Å². The Morgan fingerprint density at radius 2 is 1.82 bits per heavy atom. The summed E-state index contributed by atoms with van der Waals surface area (Å²) < 4.78 is 1.03. The Hall–Kier alpha value is -3.99. The molecule has 194 valence electrons. The minimum atomic E-state index is -2.85. The van der Waals surface area contributed by atoms with E-state index in [1.807, 2.05) is 30.3 Å². The lowest BCUT2D eigenvalue weighted by molar-refractivity contribution is -0.160. The number of aliphatic hydroxyl groups is 4. The number of nitrogens with two attached hydrogens (primary N) is 1. The molecule has 10 heteroatoms. The number of primary amides is 1. The summed E-state index contributed by atoms with van der Waals surface area (Å²) in [6.45, 7) is 1.72. The van der Waals surface area contributed by atoms with Crippen molar-refractivity contribution in [2.75, 3.05) is 0 Å². The molecular weight excluding hydrogens is 510 g/mol. The minimum Gasteiger partial charge on any atom is -0.508 e. The Morgan fingerprint density at radius 3 is 2.50 bits per heavy atom. The number of ketones is 2. The first-order valence-corrected chi connectivity index (χ1v) is 12.8. The van der Waals surface area contributed by atoms with Crippen LogP contribution in [0.5, 0.6) is 5.75 Å². The zero-order valence-electron chi connectivity index (χ0n) is 20.0. The van der Waals surface area contributed by atoms with Crippen molar-refractivity contribution in [2.24, 2.45) is 17.6 Å². The summed E-state index contributed by atoms with van der Waals surface area (Å²) in [4.78, 5) is 39.1. The summed E-state index contributed by atoms with van der Waals surface area (Å²) in [6.07, 6.45) is -2.19. The largest absolute Gasteiger partial charge is 0.508 e. The standard InChI is InChI=1S/C28H23NO8S/c1-10-18-12(17-8-11-4-2-3-5-16(11)38-17)6-7-14(30)20(18)24(33)22-19(10)23(32)13-9-15(31)21(27(29)36)25(34)28(13,37)26(22)35/h2-8,10,13,19,23,30,32-34,37H,9H2,1H3,(H2,29,36). The second-order valence-electron chi connectivity index (χ2n) is 10.1. The zero-order chi connectivity index (χ0) is 27.3. The fourth-order valence-corrected chi connectivity index (χ4v) is 7.51. The number of thiophene rings is 1. The molecule has 0 radical (unpaired) electrons. The van der Waals surface area contributed by atoms with Gasteiger partial charge in [-0.1, -0.05) is 25.1 Å². The maximum absolute atomic E-state index is 13.8. The number of hydrogen-bond donors (Lipinski definition) is 6. The summed E-state index contributed by atoms with van der Waals surface area (Å²) in [6, 6.07) is 12.8. The molecule has 2 aromatic carbocycles. The number of aliphatic hydroxyl groups excluding tert-OH is 3. The highest BCUT2D eigenvalue weighted by Crippen LogP contribution is 2.57. The van der Waals surface area contributed by atoms with Crippen molar-refractivity contribution in [3.8, 4) is 16.2 Å². The number of carbonyl (C=O) groups is 3. The normalized spacial score (nSPS) is 28.8. The third-order valence-electron chi connectivity index (χ3n) is 8.17. The van der Waals surface area contributed by atoms with Crippen LogP contribution in [0.3, 0.4) is 0 Å². The van der Waals surface area contributed by atoms with Crippen LogP contribution < -0.4 is 5.73 Å². The smallest absolute Gasteiger partial charge is 0.255 e. The number of rotatable bonds is 2. The molecule has 1 heterocycles. The fourth-order valence-electron chi connectivity index (χ4n) is 6.41. The number of phenolic OH excluding ortho intramolecular Hbond substituents is 1. The van der Waals surface area contributed by atoms with Crippen LogP contribution in [0, 0.1) is 11.8 Å². The van der Waals surface area contributed by atoms with Gasteiger partial charge in [0, 0.05) is 33.4 Å². The first kappa shape index (κ1) is 24.4. The molecule has 6 rings (SSSR count). The van der Waals surface area contributed by atoms with Gasteiger partial charge in [-0.15, -0.1) is 11.3 Å². The Bertz CT molecular complexity index is 1630. The average molecular weight is 534 g/mol. The molecule has 5 atom stereocenters. The van der Waals surface area contributed by atoms with Crippen molar-refractivity contribution in [3.05, 3.63) is 70.5 Å². The van der Waals surface area contributed by atoms with E-state index in [0.717, 1.165) is 15.0 Å². The molecule has 3 aliphatic rings. The van der Waals surface area contributed by atoms with Gasteiger partial charge in [0.15, 0.2) is 11.4 Å². The van der Waals surface area contributed by atoms with E-state index in [1.54, 1.807) is 13.0 Å². The van der Waals surface area contributed by atoms with Crippen LogP contribution in [0.25, 0.3) is 26.3 Å². The number of benzene rings is 2. The summed E-state index contributed by atoms with van der Waals surface area (Å²) in [5.41, 5.74) is 2.22. The molecular formula is C28H23NO8S. The molecule has 5 unspecified atom stereocenters. The van der Waals surface area contributed by atoms with Crippen molar-refractivity contribution in [2.45, 2.75) is 31.0 Å². The molecule has 7 N–H and O–H groups in total. The summed E-state index contributed by atoms with van der Waals surface area (Å²) in [5, 5.41) is 56.8. The Labute approximate surface area is 219 Å². The number of hydrogen-bond acceptors (Lipinski definition) is 9. The van der Waals surface area contributed by atoms with Crippen LogP contribution in [0.4, 0.5) is 0 Å². The van der Waals surface area contributed by atoms with Crippen LogP contribution in [-0.2, 0) is 14.4 Å². The molecule has 0 saturated heterocycles. The van der Waals surface area contributed by atoms with Crippen molar-refractivity contribution < 1.29 is 39.9 Å². The van der Waals surface area contributed by atoms with Crippen molar-refractivity contribution in [1.82, 2.24) is 0 Å². The molecule has 1 aromatic heterocycles. The van der Waals surface area contributed by atoms with E-state index in [9.17, 15) is 39.9 Å². The molecule has 0 spiro atoms. The number of phenols is 1. The third-order valence-corrected chi connectivity index (χ3v) is 9.32. The highest BCUT2D eigenvalue weighted by Gasteiger charge is 2.65. The quantitative estimate of drug-likeness (QED) is 0.272. The Kier molecular flexibility index (Phi) is 5.13. The lowest BCUT2D eigenvalue weighted by atomic mass is 9.55. The van der Waals surface area contributed by atoms with Crippen LogP contribution in [0.1, 0.15) is 30.4 Å². The van der Waals surface area contributed by atoms with Crippen molar-refractivity contribution in [1.29, 1.82) is 0 Å². The van der Waals surface area contributed by atoms with Gasteiger partial charge in [-0.05, 0) is 46.7 Å². The van der Waals surface area contributed by atoms with E-state index in [4.69, 9.17) is 5.73 Å². The minimum absolute atomic E-state index is 0.0215. The maximum atomic E-state index is 13.8. The predicted molar refractivity (Wildman–Crippen MR) is 138 cm³/mol. The summed E-state index contributed by atoms with van der Waals surface area (Å²) in [7, 11) is 0. The van der Waals surface area contributed by atoms with Gasteiger partial charge < -0.3 is 31.3 Å². The number of Topliss-reactive ketones (excluding diaryl/α,β-unsaturated/α-hetero) is 2.